The van der Waals surface area contributed by atoms with E-state index in [-0.39, 0.29) is 36.6 Å². The molecule has 0 aromatic carbocycles. The van der Waals surface area contributed by atoms with E-state index in [4.69, 9.17) is 0 Å². The van der Waals surface area contributed by atoms with E-state index in [0.717, 1.165) is 19.6 Å². The van der Waals surface area contributed by atoms with Gasteiger partial charge < -0.3 is 15.1 Å². The van der Waals surface area contributed by atoms with Gasteiger partial charge in [0.25, 0.3) is 0 Å². The topological polar surface area (TPSA) is 73.0 Å². The van der Waals surface area contributed by atoms with Gasteiger partial charge in [0.05, 0.1) is 0 Å². The first-order valence-electron chi connectivity index (χ1n) is 7.00. The highest BCUT2D eigenvalue weighted by Gasteiger charge is 2.38. The molecular formula is C13H22N4O3. The predicted octanol–water partition coefficient (Wildman–Crippen LogP) is -1.50. The van der Waals surface area contributed by atoms with E-state index in [1.165, 1.54) is 0 Å². The number of nitrogens with zero attached hydrogens (tertiary/aromatic N) is 3. The monoisotopic (exact) mass is 282 g/mol. The first-order chi connectivity index (χ1) is 9.52. The molecule has 2 aliphatic rings. The minimum absolute atomic E-state index is 0.0470. The summed E-state index contributed by atoms with van der Waals surface area (Å²) in [4.78, 5) is 41.0. The minimum Gasteiger partial charge on any atom is -0.359 e. The van der Waals surface area contributed by atoms with Crippen LogP contribution in [-0.4, -0.2) is 85.3 Å². The van der Waals surface area contributed by atoms with Crippen molar-refractivity contribution in [3.63, 3.8) is 0 Å². The second-order valence-electron chi connectivity index (χ2n) is 5.32. The van der Waals surface area contributed by atoms with Crippen LogP contribution in [-0.2, 0) is 14.4 Å². The maximum absolute atomic E-state index is 12.1. The van der Waals surface area contributed by atoms with E-state index in [9.17, 15) is 14.4 Å². The lowest BCUT2D eigenvalue weighted by Gasteiger charge is -2.45. The van der Waals surface area contributed by atoms with Gasteiger partial charge in [0.2, 0.25) is 17.7 Å². The Hall–Kier alpha value is -1.63. The van der Waals surface area contributed by atoms with Gasteiger partial charge >= 0.3 is 0 Å². The molecule has 2 heterocycles. The lowest BCUT2D eigenvalue weighted by atomic mass is 10.1. The third-order valence-corrected chi connectivity index (χ3v) is 4.07. The van der Waals surface area contributed by atoms with Crippen molar-refractivity contribution in [3.8, 4) is 0 Å². The van der Waals surface area contributed by atoms with E-state index < -0.39 is 0 Å². The van der Waals surface area contributed by atoms with E-state index in [0.29, 0.717) is 13.1 Å². The standard InChI is InChI=1S/C13H22N4O3/c1-14-11(18)3-4-12(19)17-8-7-16-6-5-15(2)13(20)10(16)9-17/h10H,3-9H2,1-2H3,(H,14,18)/t10-/m1/s1. The summed E-state index contributed by atoms with van der Waals surface area (Å²) in [6.45, 7) is 3.43. The minimum atomic E-state index is -0.216. The van der Waals surface area contributed by atoms with E-state index in [2.05, 4.69) is 10.2 Å². The molecule has 2 rings (SSSR count). The quantitative estimate of drug-likeness (QED) is 0.683. The molecule has 0 aliphatic carbocycles. The summed E-state index contributed by atoms with van der Waals surface area (Å²) in [7, 11) is 3.36. The van der Waals surface area contributed by atoms with Crippen LogP contribution in [0.2, 0.25) is 0 Å². The Labute approximate surface area is 118 Å². The fraction of sp³-hybridized carbons (Fsp3) is 0.769. The van der Waals surface area contributed by atoms with Crippen LogP contribution >= 0.6 is 0 Å². The fourth-order valence-electron chi connectivity index (χ4n) is 2.70. The summed E-state index contributed by atoms with van der Waals surface area (Å²) < 4.78 is 0. The SMILES string of the molecule is CNC(=O)CCC(=O)N1CCN2CCN(C)C(=O)[C@H]2C1. The van der Waals surface area contributed by atoms with Crippen LogP contribution in [0.15, 0.2) is 0 Å². The van der Waals surface area contributed by atoms with Gasteiger partial charge in [0.1, 0.15) is 6.04 Å². The molecule has 3 amide bonds. The van der Waals surface area contributed by atoms with Crippen LogP contribution < -0.4 is 5.32 Å². The van der Waals surface area contributed by atoms with Crippen molar-refractivity contribution >= 4 is 17.7 Å². The number of amides is 3. The average molecular weight is 282 g/mol. The van der Waals surface area contributed by atoms with Gasteiger partial charge in [-0.25, -0.2) is 0 Å². The Bertz CT molecular complexity index is 412. The number of piperazine rings is 2. The molecule has 0 radical (unpaired) electrons. The van der Waals surface area contributed by atoms with Crippen LogP contribution in [0.25, 0.3) is 0 Å². The Kier molecular flexibility index (Phi) is 4.59. The van der Waals surface area contributed by atoms with Crippen LogP contribution in [0.4, 0.5) is 0 Å². The largest absolute Gasteiger partial charge is 0.359 e. The maximum Gasteiger partial charge on any atom is 0.241 e. The maximum atomic E-state index is 12.1. The zero-order chi connectivity index (χ0) is 14.7. The zero-order valence-corrected chi connectivity index (χ0v) is 12.1. The molecule has 20 heavy (non-hydrogen) atoms. The van der Waals surface area contributed by atoms with Crippen molar-refractivity contribution in [1.82, 2.24) is 20.0 Å². The molecule has 7 heteroatoms. The number of rotatable bonds is 3. The Morgan fingerprint density at radius 3 is 2.60 bits per heavy atom. The zero-order valence-electron chi connectivity index (χ0n) is 12.1. The van der Waals surface area contributed by atoms with E-state index >= 15 is 0 Å². The van der Waals surface area contributed by atoms with Crippen molar-refractivity contribution in [2.24, 2.45) is 0 Å². The molecule has 2 saturated heterocycles. The average Bonchev–Trinajstić information content (AvgIpc) is 2.48. The smallest absolute Gasteiger partial charge is 0.241 e. The molecule has 0 aromatic heterocycles. The summed E-state index contributed by atoms with van der Waals surface area (Å²) in [5.74, 6) is -0.0974. The van der Waals surface area contributed by atoms with Crippen molar-refractivity contribution in [2.45, 2.75) is 18.9 Å². The number of carbonyl (C=O) groups is 3. The first-order valence-corrected chi connectivity index (χ1v) is 7.00. The number of carbonyl (C=O) groups excluding carboxylic acids is 3. The van der Waals surface area contributed by atoms with Gasteiger partial charge in [-0.15, -0.1) is 0 Å². The third kappa shape index (κ3) is 3.09. The Morgan fingerprint density at radius 1 is 1.20 bits per heavy atom. The molecule has 2 fully saturated rings. The van der Waals surface area contributed by atoms with Crippen LogP contribution in [0.3, 0.4) is 0 Å². The summed E-state index contributed by atoms with van der Waals surface area (Å²) in [6.07, 6.45) is 0.407. The van der Waals surface area contributed by atoms with Gasteiger partial charge in [-0.1, -0.05) is 0 Å². The van der Waals surface area contributed by atoms with Gasteiger partial charge in [-0.2, -0.15) is 0 Å². The highest BCUT2D eigenvalue weighted by molar-refractivity contribution is 5.86. The van der Waals surface area contributed by atoms with Crippen LogP contribution in [0.5, 0.6) is 0 Å². The molecule has 2 aliphatic heterocycles. The number of hydrogen-bond donors (Lipinski definition) is 1. The highest BCUT2D eigenvalue weighted by atomic mass is 16.2. The van der Waals surface area contributed by atoms with Crippen LogP contribution in [0, 0.1) is 0 Å². The summed E-state index contributed by atoms with van der Waals surface area (Å²) >= 11 is 0. The first kappa shape index (κ1) is 14.8. The highest BCUT2D eigenvalue weighted by Crippen LogP contribution is 2.16. The van der Waals surface area contributed by atoms with Gasteiger partial charge in [0.15, 0.2) is 0 Å². The van der Waals surface area contributed by atoms with E-state index in [1.54, 1.807) is 23.9 Å². The van der Waals surface area contributed by atoms with Crippen molar-refractivity contribution in [2.75, 3.05) is 46.8 Å². The van der Waals surface area contributed by atoms with E-state index in [1.807, 2.05) is 0 Å². The molecule has 1 N–H and O–H groups in total. The van der Waals surface area contributed by atoms with Crippen molar-refractivity contribution < 1.29 is 14.4 Å². The summed E-state index contributed by atoms with van der Waals surface area (Å²) in [6, 6.07) is -0.216. The molecule has 0 spiro atoms. The lowest BCUT2D eigenvalue weighted by Crippen LogP contribution is -2.64. The second kappa shape index (κ2) is 6.21. The summed E-state index contributed by atoms with van der Waals surface area (Å²) in [5.41, 5.74) is 0. The second-order valence-corrected chi connectivity index (χ2v) is 5.32. The normalized spacial score (nSPS) is 23.5. The van der Waals surface area contributed by atoms with Crippen molar-refractivity contribution in [3.05, 3.63) is 0 Å². The molecule has 7 nitrogen and oxygen atoms in total. The van der Waals surface area contributed by atoms with Gasteiger partial charge in [0, 0.05) is 59.7 Å². The Morgan fingerprint density at radius 2 is 1.90 bits per heavy atom. The number of likely N-dealkylation sites (N-methyl/N-ethyl adjacent to an activating group) is 1. The lowest BCUT2D eigenvalue weighted by molar-refractivity contribution is -0.147. The molecule has 112 valence electrons. The summed E-state index contributed by atoms with van der Waals surface area (Å²) in [5, 5.41) is 2.50. The number of nitrogens with one attached hydrogen (secondary N) is 1. The Balaban J connectivity index is 1.90. The molecule has 0 aromatic rings. The van der Waals surface area contributed by atoms with Crippen LogP contribution in [0.1, 0.15) is 12.8 Å². The predicted molar refractivity (Wildman–Crippen MR) is 72.9 cm³/mol. The number of hydrogen-bond acceptors (Lipinski definition) is 4. The molecule has 0 saturated carbocycles. The van der Waals surface area contributed by atoms with Gasteiger partial charge in [-0.05, 0) is 0 Å². The molecule has 0 unspecified atom stereocenters. The fourth-order valence-corrected chi connectivity index (χ4v) is 2.70. The molecule has 0 bridgehead atoms. The molecular weight excluding hydrogens is 260 g/mol. The molecule has 1 atom stereocenters. The van der Waals surface area contributed by atoms with Gasteiger partial charge in [-0.3, -0.25) is 19.3 Å². The van der Waals surface area contributed by atoms with Crippen molar-refractivity contribution in [1.29, 1.82) is 0 Å². The third-order valence-electron chi connectivity index (χ3n) is 4.07. The number of fused-ring (bicyclic) bond motifs is 1.